The molecule has 3 aromatic carbocycles. The zero-order valence-electron chi connectivity index (χ0n) is 14.3. The number of anilines is 1. The summed E-state index contributed by atoms with van der Waals surface area (Å²) in [5.74, 6) is -0.0540. The maximum atomic E-state index is 12.7. The first kappa shape index (κ1) is 18.6. The number of nitro benzene ring substituents is 1. The first-order valence-corrected chi connectivity index (χ1v) is 8.75. The molecule has 0 aromatic heterocycles. The fourth-order valence-electron chi connectivity index (χ4n) is 2.81. The minimum absolute atomic E-state index is 0.0162. The number of ketones is 1. The van der Waals surface area contributed by atoms with Gasteiger partial charge in [-0.15, -0.1) is 0 Å². The Kier molecular flexibility index (Phi) is 5.84. The smallest absolute Gasteiger partial charge is 0.269 e. The highest BCUT2D eigenvalue weighted by Crippen LogP contribution is 2.28. The van der Waals surface area contributed by atoms with E-state index < -0.39 is 11.0 Å². The molecule has 1 N–H and O–H groups in total. The van der Waals surface area contributed by atoms with E-state index in [1.165, 1.54) is 12.1 Å². The molecule has 0 saturated heterocycles. The van der Waals surface area contributed by atoms with Crippen LogP contribution in [0.3, 0.4) is 0 Å². The number of carbonyl (C=O) groups is 1. The molecule has 1 unspecified atom stereocenters. The Morgan fingerprint density at radius 1 is 1.00 bits per heavy atom. The van der Waals surface area contributed by atoms with Crippen molar-refractivity contribution in [3.8, 4) is 0 Å². The van der Waals surface area contributed by atoms with Crippen LogP contribution in [0.5, 0.6) is 0 Å². The van der Waals surface area contributed by atoms with Crippen LogP contribution >= 0.6 is 11.6 Å². The summed E-state index contributed by atoms with van der Waals surface area (Å²) in [5, 5.41) is 15.0. The number of rotatable bonds is 7. The molecule has 3 aromatic rings. The van der Waals surface area contributed by atoms with Crippen molar-refractivity contribution in [2.45, 2.75) is 12.5 Å². The Bertz CT molecular complexity index is 960. The minimum atomic E-state index is -0.445. The van der Waals surface area contributed by atoms with E-state index in [9.17, 15) is 14.9 Å². The molecule has 27 heavy (non-hydrogen) atoms. The highest BCUT2D eigenvalue weighted by atomic mass is 35.5. The van der Waals surface area contributed by atoms with E-state index in [2.05, 4.69) is 5.32 Å². The standard InChI is InChI=1S/C21H17ClN2O3/c22-17-9-5-10-18(13-17)23-20(14-21(25)15-6-2-1-3-7-15)16-8-4-11-19(12-16)24(26)27/h1-13,20,23H,14H2. The molecule has 0 aliphatic heterocycles. The van der Waals surface area contributed by atoms with Gasteiger partial charge in [0.05, 0.1) is 11.0 Å². The zero-order chi connectivity index (χ0) is 19.2. The van der Waals surface area contributed by atoms with E-state index in [4.69, 9.17) is 11.6 Å². The van der Waals surface area contributed by atoms with E-state index in [0.717, 1.165) is 5.69 Å². The van der Waals surface area contributed by atoms with E-state index in [1.54, 1.807) is 54.6 Å². The number of halogens is 1. The van der Waals surface area contributed by atoms with Crippen molar-refractivity contribution >= 4 is 28.8 Å². The second-order valence-corrected chi connectivity index (χ2v) is 6.49. The van der Waals surface area contributed by atoms with Crippen molar-refractivity contribution in [1.29, 1.82) is 0 Å². The van der Waals surface area contributed by atoms with Gasteiger partial charge in [-0.2, -0.15) is 0 Å². The number of Topliss-reactive ketones (excluding diaryl/α,β-unsaturated/α-hetero) is 1. The molecule has 0 spiro atoms. The fourth-order valence-corrected chi connectivity index (χ4v) is 3.00. The maximum absolute atomic E-state index is 12.7. The van der Waals surface area contributed by atoms with Crippen LogP contribution in [-0.2, 0) is 0 Å². The van der Waals surface area contributed by atoms with Gasteiger partial charge in [0.1, 0.15) is 0 Å². The average molecular weight is 381 g/mol. The van der Waals surface area contributed by atoms with E-state index in [1.807, 2.05) is 12.1 Å². The lowest BCUT2D eigenvalue weighted by atomic mass is 9.97. The monoisotopic (exact) mass is 380 g/mol. The summed E-state index contributed by atoms with van der Waals surface area (Å²) in [7, 11) is 0. The van der Waals surface area contributed by atoms with Crippen LogP contribution < -0.4 is 5.32 Å². The molecule has 0 bridgehead atoms. The molecule has 1 atom stereocenters. The third kappa shape index (κ3) is 4.92. The first-order valence-electron chi connectivity index (χ1n) is 8.37. The summed E-state index contributed by atoms with van der Waals surface area (Å²) in [6, 6.07) is 22.0. The number of hydrogen-bond acceptors (Lipinski definition) is 4. The molecule has 0 heterocycles. The maximum Gasteiger partial charge on any atom is 0.269 e. The summed E-state index contributed by atoms with van der Waals surface area (Å²) in [4.78, 5) is 23.4. The molecule has 5 nitrogen and oxygen atoms in total. The van der Waals surface area contributed by atoms with Crippen molar-refractivity contribution in [3.63, 3.8) is 0 Å². The average Bonchev–Trinajstić information content (AvgIpc) is 2.68. The van der Waals surface area contributed by atoms with Crippen molar-refractivity contribution in [1.82, 2.24) is 0 Å². The molecule has 0 amide bonds. The second-order valence-electron chi connectivity index (χ2n) is 6.05. The molecule has 0 saturated carbocycles. The number of hydrogen-bond donors (Lipinski definition) is 1. The lowest BCUT2D eigenvalue weighted by Crippen LogP contribution is -2.16. The molecular weight excluding hydrogens is 364 g/mol. The fraction of sp³-hybridized carbons (Fsp3) is 0.0952. The number of nitrogens with one attached hydrogen (secondary N) is 1. The minimum Gasteiger partial charge on any atom is -0.378 e. The van der Waals surface area contributed by atoms with Crippen LogP contribution in [0.1, 0.15) is 28.4 Å². The van der Waals surface area contributed by atoms with E-state index >= 15 is 0 Å². The van der Waals surface area contributed by atoms with Gasteiger partial charge in [-0.3, -0.25) is 14.9 Å². The predicted octanol–water partition coefficient (Wildman–Crippen LogP) is 5.67. The predicted molar refractivity (Wildman–Crippen MR) is 106 cm³/mol. The number of non-ortho nitro benzene ring substituents is 1. The molecule has 0 aliphatic carbocycles. The van der Waals surface area contributed by atoms with Gasteiger partial charge in [0.25, 0.3) is 5.69 Å². The van der Waals surface area contributed by atoms with Gasteiger partial charge in [-0.05, 0) is 23.8 Å². The SMILES string of the molecule is O=C(CC(Nc1cccc(Cl)c1)c1cccc([N+](=O)[O-])c1)c1ccccc1. The van der Waals surface area contributed by atoms with Crippen molar-refractivity contribution < 1.29 is 9.72 Å². The lowest BCUT2D eigenvalue weighted by Gasteiger charge is -2.20. The van der Waals surface area contributed by atoms with Gasteiger partial charge in [0.15, 0.2) is 5.78 Å². The quantitative estimate of drug-likeness (QED) is 0.325. The van der Waals surface area contributed by atoms with Crippen LogP contribution in [0, 0.1) is 10.1 Å². The Morgan fingerprint density at radius 3 is 2.44 bits per heavy atom. The Labute approximate surface area is 161 Å². The van der Waals surface area contributed by atoms with Crippen molar-refractivity contribution in [3.05, 3.63) is 105 Å². The molecule has 0 aliphatic rings. The van der Waals surface area contributed by atoms with Crippen LogP contribution in [0.4, 0.5) is 11.4 Å². The van der Waals surface area contributed by atoms with Gasteiger partial charge in [-0.1, -0.05) is 60.1 Å². The normalized spacial score (nSPS) is 11.6. The zero-order valence-corrected chi connectivity index (χ0v) is 15.1. The summed E-state index contributed by atoms with van der Waals surface area (Å²) in [6.07, 6.45) is 0.150. The van der Waals surface area contributed by atoms with Crippen LogP contribution in [0.2, 0.25) is 5.02 Å². The van der Waals surface area contributed by atoms with Crippen LogP contribution in [0.15, 0.2) is 78.9 Å². The summed E-state index contributed by atoms with van der Waals surface area (Å²) in [6.45, 7) is 0. The summed E-state index contributed by atoms with van der Waals surface area (Å²) in [5.41, 5.74) is 1.98. The van der Waals surface area contributed by atoms with Gasteiger partial charge >= 0.3 is 0 Å². The topological polar surface area (TPSA) is 72.2 Å². The van der Waals surface area contributed by atoms with Gasteiger partial charge in [0, 0.05) is 34.8 Å². The molecule has 0 radical (unpaired) electrons. The van der Waals surface area contributed by atoms with E-state index in [0.29, 0.717) is 16.1 Å². The third-order valence-electron chi connectivity index (χ3n) is 4.13. The highest BCUT2D eigenvalue weighted by molar-refractivity contribution is 6.30. The second kappa shape index (κ2) is 8.47. The Balaban J connectivity index is 1.92. The third-order valence-corrected chi connectivity index (χ3v) is 4.37. The van der Waals surface area contributed by atoms with Crippen LogP contribution in [0.25, 0.3) is 0 Å². The van der Waals surface area contributed by atoms with Crippen molar-refractivity contribution in [2.75, 3.05) is 5.32 Å². The highest BCUT2D eigenvalue weighted by Gasteiger charge is 2.19. The molecular formula is C21H17ClN2O3. The summed E-state index contributed by atoms with van der Waals surface area (Å²) >= 11 is 6.05. The number of nitrogens with zero attached hydrogens (tertiary/aromatic N) is 1. The largest absolute Gasteiger partial charge is 0.378 e. The molecule has 136 valence electrons. The van der Waals surface area contributed by atoms with Gasteiger partial charge in [-0.25, -0.2) is 0 Å². The first-order chi connectivity index (χ1) is 13.0. The lowest BCUT2D eigenvalue weighted by molar-refractivity contribution is -0.384. The number of benzene rings is 3. The number of nitro groups is 1. The van der Waals surface area contributed by atoms with Crippen molar-refractivity contribution in [2.24, 2.45) is 0 Å². The van der Waals surface area contributed by atoms with Gasteiger partial charge in [0.2, 0.25) is 0 Å². The summed E-state index contributed by atoms with van der Waals surface area (Å²) < 4.78 is 0. The molecule has 6 heteroatoms. The van der Waals surface area contributed by atoms with Gasteiger partial charge < -0.3 is 5.32 Å². The van der Waals surface area contributed by atoms with E-state index in [-0.39, 0.29) is 17.9 Å². The Hall–Kier alpha value is -3.18. The number of carbonyl (C=O) groups excluding carboxylic acids is 1. The Morgan fingerprint density at radius 2 is 1.74 bits per heavy atom. The molecule has 0 fully saturated rings. The molecule has 3 rings (SSSR count). The van der Waals surface area contributed by atoms with Crippen LogP contribution in [-0.4, -0.2) is 10.7 Å².